The van der Waals surface area contributed by atoms with Gasteiger partial charge in [-0.1, -0.05) is 59.3 Å². The Bertz CT molecular complexity index is 182. The van der Waals surface area contributed by atoms with E-state index in [1.54, 1.807) is 0 Å². The van der Waals surface area contributed by atoms with E-state index in [2.05, 4.69) is 38.3 Å². The van der Waals surface area contributed by atoms with Crippen LogP contribution in [-0.4, -0.2) is 25.7 Å². The van der Waals surface area contributed by atoms with Gasteiger partial charge in [0.25, 0.3) is 0 Å². The Morgan fingerprint density at radius 1 is 0.800 bits per heavy atom. The van der Waals surface area contributed by atoms with Gasteiger partial charge in [0.05, 0.1) is 0 Å². The molecule has 0 aromatic carbocycles. The standard InChI is InChI=1S/C18H40N2/c1-5-7-8-9-12-15-19-16-17(3)13-10-11-14-18(4)20-6-2/h17-20H,5-16H2,1-4H3/t17-,18?/m1/s1. The molecule has 0 fully saturated rings. The molecule has 0 bridgehead atoms. The van der Waals surface area contributed by atoms with Gasteiger partial charge in [-0.15, -0.1) is 0 Å². The molecule has 0 spiro atoms. The van der Waals surface area contributed by atoms with E-state index in [-0.39, 0.29) is 0 Å². The predicted octanol–water partition coefficient (Wildman–Crippen LogP) is 4.74. The molecule has 0 saturated carbocycles. The van der Waals surface area contributed by atoms with Crippen LogP contribution in [0, 0.1) is 5.92 Å². The van der Waals surface area contributed by atoms with Crippen LogP contribution in [0.4, 0.5) is 0 Å². The van der Waals surface area contributed by atoms with Crippen molar-refractivity contribution in [3.63, 3.8) is 0 Å². The summed E-state index contributed by atoms with van der Waals surface area (Å²) in [5.74, 6) is 0.833. The molecule has 0 amide bonds. The maximum atomic E-state index is 3.62. The third-order valence-electron chi connectivity index (χ3n) is 4.09. The second kappa shape index (κ2) is 15.3. The first kappa shape index (κ1) is 19.9. The van der Waals surface area contributed by atoms with Gasteiger partial charge in [-0.05, 0) is 51.7 Å². The lowest BCUT2D eigenvalue weighted by Gasteiger charge is -2.14. The highest BCUT2D eigenvalue weighted by molar-refractivity contribution is 4.62. The second-order valence-electron chi connectivity index (χ2n) is 6.47. The summed E-state index contributed by atoms with van der Waals surface area (Å²) in [6.45, 7) is 12.7. The number of unbranched alkanes of at least 4 members (excludes halogenated alkanes) is 5. The quantitative estimate of drug-likeness (QED) is 0.424. The highest BCUT2D eigenvalue weighted by Gasteiger charge is 2.03. The second-order valence-corrected chi connectivity index (χ2v) is 6.47. The van der Waals surface area contributed by atoms with Gasteiger partial charge in [0.15, 0.2) is 0 Å². The van der Waals surface area contributed by atoms with Gasteiger partial charge in [-0.25, -0.2) is 0 Å². The molecular formula is C18H40N2. The Morgan fingerprint density at radius 3 is 2.20 bits per heavy atom. The molecule has 2 N–H and O–H groups in total. The van der Waals surface area contributed by atoms with Crippen LogP contribution in [0.5, 0.6) is 0 Å². The molecule has 0 aliphatic heterocycles. The fraction of sp³-hybridized carbons (Fsp3) is 1.00. The number of hydrogen-bond donors (Lipinski definition) is 2. The van der Waals surface area contributed by atoms with Crippen molar-refractivity contribution in [2.75, 3.05) is 19.6 Å². The summed E-state index contributed by atoms with van der Waals surface area (Å²) in [6, 6.07) is 0.691. The molecule has 0 saturated heterocycles. The maximum Gasteiger partial charge on any atom is 0.00386 e. The van der Waals surface area contributed by atoms with Crippen LogP contribution >= 0.6 is 0 Å². The zero-order chi connectivity index (χ0) is 15.1. The van der Waals surface area contributed by atoms with Crippen LogP contribution < -0.4 is 10.6 Å². The summed E-state index contributed by atoms with van der Waals surface area (Å²) >= 11 is 0. The summed E-state index contributed by atoms with van der Waals surface area (Å²) in [4.78, 5) is 0. The first-order valence-corrected chi connectivity index (χ1v) is 9.14. The largest absolute Gasteiger partial charge is 0.316 e. The minimum Gasteiger partial charge on any atom is -0.316 e. The molecule has 0 aliphatic carbocycles. The Hall–Kier alpha value is -0.0800. The van der Waals surface area contributed by atoms with Crippen LogP contribution in [0.2, 0.25) is 0 Å². The summed E-state index contributed by atoms with van der Waals surface area (Å²) in [5.41, 5.74) is 0. The normalized spacial score (nSPS) is 14.4. The molecule has 122 valence electrons. The highest BCUT2D eigenvalue weighted by Crippen LogP contribution is 2.10. The average molecular weight is 285 g/mol. The van der Waals surface area contributed by atoms with Gasteiger partial charge in [0.1, 0.15) is 0 Å². The molecule has 1 unspecified atom stereocenters. The van der Waals surface area contributed by atoms with Gasteiger partial charge in [0, 0.05) is 6.04 Å². The topological polar surface area (TPSA) is 24.1 Å². The zero-order valence-corrected chi connectivity index (χ0v) is 14.6. The van der Waals surface area contributed by atoms with Crippen molar-refractivity contribution in [1.29, 1.82) is 0 Å². The van der Waals surface area contributed by atoms with E-state index in [0.29, 0.717) is 6.04 Å². The van der Waals surface area contributed by atoms with E-state index in [9.17, 15) is 0 Å². The molecule has 0 radical (unpaired) electrons. The summed E-state index contributed by atoms with van der Waals surface area (Å²) in [7, 11) is 0. The molecular weight excluding hydrogens is 244 g/mol. The van der Waals surface area contributed by atoms with E-state index >= 15 is 0 Å². The fourth-order valence-corrected chi connectivity index (χ4v) is 2.70. The summed E-state index contributed by atoms with van der Waals surface area (Å²) < 4.78 is 0. The molecule has 0 aromatic heterocycles. The molecule has 0 rings (SSSR count). The SMILES string of the molecule is CCCCCCCNC[C@H](C)CCCCC(C)NCC. The number of rotatable bonds is 15. The maximum absolute atomic E-state index is 3.62. The van der Waals surface area contributed by atoms with Crippen LogP contribution in [0.15, 0.2) is 0 Å². The van der Waals surface area contributed by atoms with Crippen molar-refractivity contribution in [3.05, 3.63) is 0 Å². The van der Waals surface area contributed by atoms with Crippen LogP contribution in [0.1, 0.15) is 85.5 Å². The van der Waals surface area contributed by atoms with E-state index in [1.165, 1.54) is 70.9 Å². The molecule has 2 heteroatoms. The van der Waals surface area contributed by atoms with Gasteiger partial charge in [-0.2, -0.15) is 0 Å². The molecule has 20 heavy (non-hydrogen) atoms. The van der Waals surface area contributed by atoms with Gasteiger partial charge in [0.2, 0.25) is 0 Å². The van der Waals surface area contributed by atoms with Crippen molar-refractivity contribution in [2.24, 2.45) is 5.92 Å². The van der Waals surface area contributed by atoms with Crippen molar-refractivity contribution < 1.29 is 0 Å². The molecule has 2 atom stereocenters. The van der Waals surface area contributed by atoms with E-state index < -0.39 is 0 Å². The van der Waals surface area contributed by atoms with Gasteiger partial charge < -0.3 is 10.6 Å². The Labute approximate surface area is 128 Å². The third kappa shape index (κ3) is 14.3. The van der Waals surface area contributed by atoms with Gasteiger partial charge >= 0.3 is 0 Å². The van der Waals surface area contributed by atoms with E-state index in [4.69, 9.17) is 0 Å². The lowest BCUT2D eigenvalue weighted by Crippen LogP contribution is -2.25. The lowest BCUT2D eigenvalue weighted by atomic mass is 10.0. The molecule has 0 aromatic rings. The van der Waals surface area contributed by atoms with Crippen molar-refractivity contribution in [1.82, 2.24) is 10.6 Å². The Morgan fingerprint density at radius 2 is 1.50 bits per heavy atom. The summed E-state index contributed by atoms with van der Waals surface area (Å²) in [6.07, 6.45) is 12.4. The third-order valence-corrected chi connectivity index (χ3v) is 4.09. The smallest absolute Gasteiger partial charge is 0.00386 e. The first-order valence-electron chi connectivity index (χ1n) is 9.14. The molecule has 2 nitrogen and oxygen atoms in total. The van der Waals surface area contributed by atoms with Gasteiger partial charge in [-0.3, -0.25) is 0 Å². The highest BCUT2D eigenvalue weighted by atomic mass is 14.9. The minimum atomic E-state index is 0.691. The van der Waals surface area contributed by atoms with Crippen molar-refractivity contribution in [3.8, 4) is 0 Å². The monoisotopic (exact) mass is 284 g/mol. The number of nitrogens with one attached hydrogen (secondary N) is 2. The van der Waals surface area contributed by atoms with E-state index in [0.717, 1.165) is 12.5 Å². The predicted molar refractivity (Wildman–Crippen MR) is 92.4 cm³/mol. The Balaban J connectivity index is 3.22. The van der Waals surface area contributed by atoms with Crippen LogP contribution in [0.25, 0.3) is 0 Å². The lowest BCUT2D eigenvalue weighted by molar-refractivity contribution is 0.432. The molecule has 0 heterocycles. The summed E-state index contributed by atoms with van der Waals surface area (Å²) in [5, 5.41) is 7.10. The zero-order valence-electron chi connectivity index (χ0n) is 14.6. The number of hydrogen-bond acceptors (Lipinski definition) is 2. The Kier molecular flexibility index (Phi) is 15.3. The minimum absolute atomic E-state index is 0.691. The van der Waals surface area contributed by atoms with Crippen molar-refractivity contribution >= 4 is 0 Å². The fourth-order valence-electron chi connectivity index (χ4n) is 2.70. The van der Waals surface area contributed by atoms with Crippen LogP contribution in [-0.2, 0) is 0 Å². The molecule has 0 aliphatic rings. The average Bonchev–Trinajstić information content (AvgIpc) is 2.43. The first-order chi connectivity index (χ1) is 9.70. The van der Waals surface area contributed by atoms with E-state index in [1.807, 2.05) is 0 Å². The van der Waals surface area contributed by atoms with Crippen molar-refractivity contribution in [2.45, 2.75) is 91.5 Å². The van der Waals surface area contributed by atoms with Crippen LogP contribution in [0.3, 0.4) is 0 Å².